The number of morpholine rings is 1. The van der Waals surface area contributed by atoms with Crippen molar-refractivity contribution in [2.45, 2.75) is 22.4 Å². The van der Waals surface area contributed by atoms with E-state index in [1.807, 2.05) is 0 Å². The summed E-state index contributed by atoms with van der Waals surface area (Å²) in [5.74, 6) is 0.291. The van der Waals surface area contributed by atoms with Crippen molar-refractivity contribution in [3.8, 4) is 28.7 Å². The summed E-state index contributed by atoms with van der Waals surface area (Å²) in [5.41, 5.74) is 0.750. The molecular formula is C30H34F2N4O9S2. The molecule has 2 atom stereocenters. The number of pyridine rings is 1. The summed E-state index contributed by atoms with van der Waals surface area (Å²) in [4.78, 5) is 10.5. The van der Waals surface area contributed by atoms with Crippen LogP contribution < -0.4 is 18.9 Å². The second kappa shape index (κ2) is 16.4. The van der Waals surface area contributed by atoms with Gasteiger partial charge in [0.25, 0.3) is 0 Å². The van der Waals surface area contributed by atoms with Crippen LogP contribution >= 0.6 is 0 Å². The number of methoxy groups -OCH3 is 2. The molecule has 2 unspecified atom stereocenters. The lowest BCUT2D eigenvalue weighted by molar-refractivity contribution is -0.0516. The summed E-state index contributed by atoms with van der Waals surface area (Å²) in [6.45, 7) is 1.64. The van der Waals surface area contributed by atoms with Crippen molar-refractivity contribution in [2.24, 2.45) is 0 Å². The first kappa shape index (κ1) is 34.6. The summed E-state index contributed by atoms with van der Waals surface area (Å²) in [6, 6.07) is 11.0. The standard InChI is InChI=1S/C30H34F2N4O9S2/c1-40-24-9-10-33-20(27(24)41-2)19-46(37)30-34-26-22(7-8-25(45-29(31)32)28(26)47(38)39)36(30)21-5-3-4-6-23(21)44-18-17-43-16-13-35-11-14-42-15-12-35/h3-10,29H,11-19H2,1-2H3,(H,38,39). The first-order chi connectivity index (χ1) is 22.8. The van der Waals surface area contributed by atoms with E-state index >= 15 is 0 Å². The van der Waals surface area contributed by atoms with E-state index in [2.05, 4.69) is 19.6 Å². The Morgan fingerprint density at radius 3 is 2.49 bits per heavy atom. The molecule has 3 heterocycles. The second-order valence-corrected chi connectivity index (χ2v) is 12.2. The van der Waals surface area contributed by atoms with Crippen LogP contribution in [-0.2, 0) is 37.1 Å². The van der Waals surface area contributed by atoms with Crippen molar-refractivity contribution < 1.29 is 50.2 Å². The zero-order valence-electron chi connectivity index (χ0n) is 25.6. The number of hydrogen-bond acceptors (Lipinski definition) is 11. The van der Waals surface area contributed by atoms with E-state index in [9.17, 15) is 21.8 Å². The van der Waals surface area contributed by atoms with E-state index in [1.165, 1.54) is 31.0 Å². The van der Waals surface area contributed by atoms with Crippen molar-refractivity contribution in [1.82, 2.24) is 19.4 Å². The Bertz CT molecular complexity index is 1720. The molecule has 1 aliphatic heterocycles. The van der Waals surface area contributed by atoms with Crippen LogP contribution in [0.25, 0.3) is 16.7 Å². The molecule has 4 aromatic rings. The number of hydrogen-bond donors (Lipinski definition) is 1. The highest BCUT2D eigenvalue weighted by Crippen LogP contribution is 2.37. The number of nitrogens with zero attached hydrogens (tertiary/aromatic N) is 4. The normalized spacial score (nSPS) is 15.1. The number of alkyl halides is 2. The molecule has 13 nitrogen and oxygen atoms in total. The van der Waals surface area contributed by atoms with Gasteiger partial charge in [-0.05, 0) is 24.3 Å². The Balaban J connectivity index is 1.50. The number of fused-ring (bicyclic) bond motifs is 1. The quantitative estimate of drug-likeness (QED) is 0.135. The smallest absolute Gasteiger partial charge is 0.387 e. The van der Waals surface area contributed by atoms with Gasteiger partial charge < -0.3 is 33.0 Å². The van der Waals surface area contributed by atoms with Crippen molar-refractivity contribution >= 4 is 32.9 Å². The molecule has 1 N–H and O–H groups in total. The number of aromatic nitrogens is 3. The monoisotopic (exact) mass is 696 g/mol. The van der Waals surface area contributed by atoms with Gasteiger partial charge in [-0.3, -0.25) is 18.7 Å². The molecule has 0 spiro atoms. The molecule has 2 aromatic carbocycles. The van der Waals surface area contributed by atoms with Gasteiger partial charge in [0.1, 0.15) is 28.5 Å². The van der Waals surface area contributed by atoms with Gasteiger partial charge in [0.05, 0.1) is 74.1 Å². The lowest BCUT2D eigenvalue weighted by atomic mass is 10.2. The Labute approximate surface area is 274 Å². The lowest BCUT2D eigenvalue weighted by Gasteiger charge is -2.26. The number of halogens is 2. The van der Waals surface area contributed by atoms with Gasteiger partial charge in [-0.1, -0.05) is 12.1 Å². The molecule has 254 valence electrons. The van der Waals surface area contributed by atoms with Crippen LogP contribution in [0.2, 0.25) is 0 Å². The van der Waals surface area contributed by atoms with E-state index in [1.54, 1.807) is 30.3 Å². The van der Waals surface area contributed by atoms with E-state index in [0.29, 0.717) is 49.3 Å². The van der Waals surface area contributed by atoms with Crippen molar-refractivity contribution in [1.29, 1.82) is 0 Å². The maximum Gasteiger partial charge on any atom is 0.387 e. The Hall–Kier alpha value is -3.74. The Morgan fingerprint density at radius 1 is 0.979 bits per heavy atom. The lowest BCUT2D eigenvalue weighted by Crippen LogP contribution is -2.38. The van der Waals surface area contributed by atoms with Gasteiger partial charge in [-0.2, -0.15) is 8.78 Å². The van der Waals surface area contributed by atoms with Crippen LogP contribution in [0, 0.1) is 0 Å². The molecule has 0 bridgehead atoms. The minimum atomic E-state index is -3.26. The summed E-state index contributed by atoms with van der Waals surface area (Å²) in [7, 11) is 0.913. The Morgan fingerprint density at radius 2 is 1.77 bits per heavy atom. The zero-order valence-corrected chi connectivity index (χ0v) is 27.3. The number of rotatable bonds is 16. The van der Waals surface area contributed by atoms with Gasteiger partial charge in [0.2, 0.25) is 5.16 Å². The zero-order chi connectivity index (χ0) is 33.3. The molecule has 1 aliphatic rings. The average molecular weight is 697 g/mol. The predicted octanol–water partition coefficient (Wildman–Crippen LogP) is 3.66. The van der Waals surface area contributed by atoms with Gasteiger partial charge in [0.15, 0.2) is 22.6 Å². The number of para-hydroxylation sites is 2. The van der Waals surface area contributed by atoms with E-state index in [0.717, 1.165) is 25.7 Å². The van der Waals surface area contributed by atoms with Gasteiger partial charge in [0, 0.05) is 31.9 Å². The van der Waals surface area contributed by atoms with E-state index in [-0.39, 0.29) is 34.3 Å². The maximum atomic E-state index is 14.1. The summed E-state index contributed by atoms with van der Waals surface area (Å²) < 4.78 is 97.2. The fraction of sp³-hybridized carbons (Fsp3) is 0.400. The SMILES string of the molecule is COc1ccnc(CS(=O)c2nc3c(S(=O)O)c(OC(F)F)ccc3n2-c2ccccc2OCCOCCN2CCOCC2)c1OC. The number of ether oxygens (including phenoxy) is 6. The van der Waals surface area contributed by atoms with Gasteiger partial charge >= 0.3 is 6.61 Å². The maximum absolute atomic E-state index is 14.1. The highest BCUT2D eigenvalue weighted by molar-refractivity contribution is 7.84. The second-order valence-electron chi connectivity index (χ2n) is 9.98. The highest BCUT2D eigenvalue weighted by Gasteiger charge is 2.28. The molecule has 5 rings (SSSR count). The van der Waals surface area contributed by atoms with E-state index in [4.69, 9.17) is 23.7 Å². The molecule has 47 heavy (non-hydrogen) atoms. The molecule has 17 heteroatoms. The van der Waals surface area contributed by atoms with Crippen LogP contribution in [0.15, 0.2) is 58.7 Å². The third-order valence-electron chi connectivity index (χ3n) is 7.19. The molecule has 0 radical (unpaired) electrons. The minimum absolute atomic E-state index is 0.0645. The van der Waals surface area contributed by atoms with Gasteiger partial charge in [-0.15, -0.1) is 0 Å². The fourth-order valence-electron chi connectivity index (χ4n) is 5.06. The van der Waals surface area contributed by atoms with Crippen molar-refractivity contribution in [3.05, 3.63) is 54.4 Å². The van der Waals surface area contributed by atoms with Crippen molar-refractivity contribution in [2.75, 3.05) is 66.9 Å². The molecule has 0 amide bonds. The van der Waals surface area contributed by atoms with Crippen LogP contribution in [0.3, 0.4) is 0 Å². The molecule has 0 saturated carbocycles. The summed E-state index contributed by atoms with van der Waals surface area (Å²) in [6.07, 6.45) is 1.48. The number of imidazole rings is 1. The first-order valence-electron chi connectivity index (χ1n) is 14.5. The van der Waals surface area contributed by atoms with Crippen LogP contribution in [-0.4, -0.2) is 106 Å². The van der Waals surface area contributed by atoms with Crippen molar-refractivity contribution in [3.63, 3.8) is 0 Å². The van der Waals surface area contributed by atoms with Crippen LogP contribution in [0.1, 0.15) is 5.69 Å². The summed E-state index contributed by atoms with van der Waals surface area (Å²) >= 11 is -2.80. The molecular weight excluding hydrogens is 662 g/mol. The molecule has 1 fully saturated rings. The average Bonchev–Trinajstić information content (AvgIpc) is 3.45. The molecule has 1 saturated heterocycles. The molecule has 2 aromatic heterocycles. The highest BCUT2D eigenvalue weighted by atomic mass is 32.2. The Kier molecular flexibility index (Phi) is 12.1. The summed E-state index contributed by atoms with van der Waals surface area (Å²) in [5, 5.41) is -0.0645. The third kappa shape index (κ3) is 8.22. The largest absolute Gasteiger partial charge is 0.493 e. The van der Waals surface area contributed by atoms with Crippen LogP contribution in [0.4, 0.5) is 8.78 Å². The number of benzene rings is 2. The van der Waals surface area contributed by atoms with Gasteiger partial charge in [-0.25, -0.2) is 9.19 Å². The topological polar surface area (TPSA) is 144 Å². The molecule has 0 aliphatic carbocycles. The third-order valence-corrected chi connectivity index (χ3v) is 9.15. The fourth-order valence-corrected chi connectivity index (χ4v) is 6.84. The predicted molar refractivity (Wildman–Crippen MR) is 168 cm³/mol. The first-order valence-corrected chi connectivity index (χ1v) is 16.9. The minimum Gasteiger partial charge on any atom is -0.493 e. The van der Waals surface area contributed by atoms with Crippen LogP contribution in [0.5, 0.6) is 23.0 Å². The van der Waals surface area contributed by atoms with E-state index < -0.39 is 39.1 Å².